The van der Waals surface area contributed by atoms with Crippen LogP contribution in [0.15, 0.2) is 36.4 Å². The fraction of sp³-hybridized carbons (Fsp3) is 0. The summed E-state index contributed by atoms with van der Waals surface area (Å²) < 4.78 is 39.0. The highest BCUT2D eigenvalue weighted by Gasteiger charge is 2.09. The summed E-state index contributed by atoms with van der Waals surface area (Å²) in [7, 11) is 0. The van der Waals surface area contributed by atoms with Crippen LogP contribution >= 0.6 is 0 Å². The van der Waals surface area contributed by atoms with Crippen molar-refractivity contribution in [1.82, 2.24) is 0 Å². The third-order valence-corrected chi connectivity index (χ3v) is 2.24. The summed E-state index contributed by atoms with van der Waals surface area (Å²) in [6.07, 6.45) is 0. The van der Waals surface area contributed by atoms with Gasteiger partial charge in [0.15, 0.2) is 0 Å². The number of nitrogens with two attached hydrogens (primary N) is 1. The molecule has 0 aliphatic carbocycles. The van der Waals surface area contributed by atoms with Crippen molar-refractivity contribution < 1.29 is 13.2 Å². The van der Waals surface area contributed by atoms with Crippen molar-refractivity contribution in [2.24, 2.45) is 0 Å². The summed E-state index contributed by atoms with van der Waals surface area (Å²) >= 11 is 0. The SMILES string of the molecule is Nc1cc(-c2ccc(F)cc2)c(F)cc1F. The third-order valence-electron chi connectivity index (χ3n) is 2.24. The maximum atomic E-state index is 13.4. The number of hydrogen-bond donors (Lipinski definition) is 1. The van der Waals surface area contributed by atoms with E-state index in [1.807, 2.05) is 0 Å². The molecule has 4 heteroatoms. The summed E-state index contributed by atoms with van der Waals surface area (Å²) in [6, 6.07) is 7.13. The Morgan fingerprint density at radius 3 is 2.06 bits per heavy atom. The van der Waals surface area contributed by atoms with Crippen LogP contribution in [0, 0.1) is 17.5 Å². The lowest BCUT2D eigenvalue weighted by molar-refractivity contribution is 0.588. The van der Waals surface area contributed by atoms with Gasteiger partial charge in [-0.1, -0.05) is 12.1 Å². The first-order valence-electron chi connectivity index (χ1n) is 4.58. The molecule has 2 aromatic rings. The summed E-state index contributed by atoms with van der Waals surface area (Å²) in [6.45, 7) is 0. The van der Waals surface area contributed by atoms with Crippen LogP contribution in [-0.2, 0) is 0 Å². The van der Waals surface area contributed by atoms with Gasteiger partial charge in [-0.3, -0.25) is 0 Å². The highest BCUT2D eigenvalue weighted by atomic mass is 19.1. The Morgan fingerprint density at radius 2 is 1.44 bits per heavy atom. The average Bonchev–Trinajstić information content (AvgIpc) is 2.25. The molecule has 0 fully saturated rings. The van der Waals surface area contributed by atoms with Gasteiger partial charge >= 0.3 is 0 Å². The molecule has 2 N–H and O–H groups in total. The normalized spacial score (nSPS) is 10.4. The molecule has 0 amide bonds. The van der Waals surface area contributed by atoms with Crippen LogP contribution in [0.3, 0.4) is 0 Å². The molecular formula is C12H8F3N. The van der Waals surface area contributed by atoms with Crippen molar-refractivity contribution in [2.75, 3.05) is 5.73 Å². The highest BCUT2D eigenvalue weighted by Crippen LogP contribution is 2.26. The van der Waals surface area contributed by atoms with E-state index < -0.39 is 17.5 Å². The maximum absolute atomic E-state index is 13.4. The minimum Gasteiger partial charge on any atom is -0.396 e. The fourth-order valence-electron chi connectivity index (χ4n) is 1.42. The van der Waals surface area contributed by atoms with E-state index in [0.717, 1.165) is 0 Å². The molecule has 2 aromatic carbocycles. The molecule has 1 nitrogen and oxygen atoms in total. The van der Waals surface area contributed by atoms with E-state index in [4.69, 9.17) is 5.73 Å². The van der Waals surface area contributed by atoms with E-state index in [-0.39, 0.29) is 11.3 Å². The standard InChI is InChI=1S/C12H8F3N/c13-8-3-1-7(2-4-8)9-5-12(16)11(15)6-10(9)14/h1-6H,16H2. The summed E-state index contributed by atoms with van der Waals surface area (Å²) in [5.41, 5.74) is 5.80. The van der Waals surface area contributed by atoms with Crippen LogP contribution in [-0.4, -0.2) is 0 Å². The van der Waals surface area contributed by atoms with E-state index in [0.29, 0.717) is 11.6 Å². The molecule has 82 valence electrons. The Morgan fingerprint density at radius 1 is 0.812 bits per heavy atom. The number of halogens is 3. The largest absolute Gasteiger partial charge is 0.396 e. The van der Waals surface area contributed by atoms with Crippen LogP contribution in [0.2, 0.25) is 0 Å². The quantitative estimate of drug-likeness (QED) is 0.737. The molecule has 0 unspecified atom stereocenters. The van der Waals surface area contributed by atoms with Gasteiger partial charge in [-0.25, -0.2) is 13.2 Å². The Kier molecular flexibility index (Phi) is 2.56. The van der Waals surface area contributed by atoms with Gasteiger partial charge in [0.25, 0.3) is 0 Å². The monoisotopic (exact) mass is 223 g/mol. The molecule has 0 saturated carbocycles. The van der Waals surface area contributed by atoms with Crippen molar-refractivity contribution in [1.29, 1.82) is 0 Å². The summed E-state index contributed by atoms with van der Waals surface area (Å²) in [4.78, 5) is 0. The predicted molar refractivity (Wildman–Crippen MR) is 56.2 cm³/mol. The zero-order valence-electron chi connectivity index (χ0n) is 8.18. The van der Waals surface area contributed by atoms with Gasteiger partial charge in [0, 0.05) is 11.6 Å². The fourth-order valence-corrected chi connectivity index (χ4v) is 1.42. The molecule has 0 radical (unpaired) electrons. The van der Waals surface area contributed by atoms with Gasteiger partial charge in [0.2, 0.25) is 0 Å². The van der Waals surface area contributed by atoms with E-state index >= 15 is 0 Å². The first-order chi connectivity index (χ1) is 7.58. The van der Waals surface area contributed by atoms with Crippen LogP contribution in [0.5, 0.6) is 0 Å². The minimum absolute atomic E-state index is 0.138. The second-order valence-electron chi connectivity index (χ2n) is 3.36. The van der Waals surface area contributed by atoms with Gasteiger partial charge in [0.1, 0.15) is 17.5 Å². The smallest absolute Gasteiger partial charge is 0.149 e. The lowest BCUT2D eigenvalue weighted by Gasteiger charge is -2.05. The van der Waals surface area contributed by atoms with E-state index in [2.05, 4.69) is 0 Å². The number of nitrogen functional groups attached to an aromatic ring is 1. The van der Waals surface area contributed by atoms with Crippen LogP contribution < -0.4 is 5.73 Å². The summed E-state index contributed by atoms with van der Waals surface area (Å²) in [5.74, 6) is -1.94. The molecule has 0 atom stereocenters. The van der Waals surface area contributed by atoms with Crippen LogP contribution in [0.1, 0.15) is 0 Å². The minimum atomic E-state index is -0.802. The topological polar surface area (TPSA) is 26.0 Å². The van der Waals surface area contributed by atoms with Gasteiger partial charge in [-0.05, 0) is 23.8 Å². The molecule has 16 heavy (non-hydrogen) atoms. The van der Waals surface area contributed by atoms with Gasteiger partial charge in [-0.15, -0.1) is 0 Å². The molecule has 0 heterocycles. The summed E-state index contributed by atoms with van der Waals surface area (Å²) in [5, 5.41) is 0. The van der Waals surface area contributed by atoms with E-state index in [9.17, 15) is 13.2 Å². The molecule has 2 rings (SSSR count). The molecule has 0 aliphatic rings. The molecule has 0 aromatic heterocycles. The van der Waals surface area contributed by atoms with Crippen molar-refractivity contribution in [3.63, 3.8) is 0 Å². The van der Waals surface area contributed by atoms with Crippen molar-refractivity contribution >= 4 is 5.69 Å². The first kappa shape index (κ1) is 10.5. The maximum Gasteiger partial charge on any atom is 0.149 e. The second-order valence-corrected chi connectivity index (χ2v) is 3.36. The predicted octanol–water partition coefficient (Wildman–Crippen LogP) is 3.35. The molecule has 0 aliphatic heterocycles. The van der Waals surface area contributed by atoms with Crippen molar-refractivity contribution in [2.45, 2.75) is 0 Å². The molecule has 0 saturated heterocycles. The van der Waals surface area contributed by atoms with E-state index in [1.165, 1.54) is 30.3 Å². The number of rotatable bonds is 1. The first-order valence-corrected chi connectivity index (χ1v) is 4.58. The van der Waals surface area contributed by atoms with Gasteiger partial charge in [-0.2, -0.15) is 0 Å². The number of hydrogen-bond acceptors (Lipinski definition) is 1. The third kappa shape index (κ3) is 1.86. The van der Waals surface area contributed by atoms with Crippen LogP contribution in [0.25, 0.3) is 11.1 Å². The van der Waals surface area contributed by atoms with Crippen molar-refractivity contribution in [3.05, 3.63) is 53.8 Å². The lowest BCUT2D eigenvalue weighted by Crippen LogP contribution is -1.94. The number of anilines is 1. The Bertz CT molecular complexity index is 521. The zero-order valence-corrected chi connectivity index (χ0v) is 8.18. The Hall–Kier alpha value is -1.97. The highest BCUT2D eigenvalue weighted by molar-refractivity contribution is 5.68. The average molecular weight is 223 g/mol. The Labute approximate surface area is 90.3 Å². The molecular weight excluding hydrogens is 215 g/mol. The van der Waals surface area contributed by atoms with Gasteiger partial charge < -0.3 is 5.73 Å². The lowest BCUT2D eigenvalue weighted by atomic mass is 10.0. The second kappa shape index (κ2) is 3.89. The van der Waals surface area contributed by atoms with Crippen molar-refractivity contribution in [3.8, 4) is 11.1 Å². The Balaban J connectivity index is 2.56. The van der Waals surface area contributed by atoms with Crippen LogP contribution in [0.4, 0.5) is 18.9 Å². The van der Waals surface area contributed by atoms with Gasteiger partial charge in [0.05, 0.1) is 5.69 Å². The van der Waals surface area contributed by atoms with E-state index in [1.54, 1.807) is 0 Å². The number of benzene rings is 2. The molecule has 0 spiro atoms. The zero-order chi connectivity index (χ0) is 11.7. The molecule has 0 bridgehead atoms.